The smallest absolute Gasteiger partial charge is 0.269 e. The number of nitro benzene ring substituents is 1. The average molecular weight is 268 g/mol. The molecular formula is C13H8N4O3. The lowest BCUT2D eigenvalue weighted by Crippen LogP contribution is -2.40. The van der Waals surface area contributed by atoms with Crippen LogP contribution in [0, 0.1) is 10.1 Å². The molecule has 0 aliphatic carbocycles. The Morgan fingerprint density at radius 3 is 2.40 bits per heavy atom. The maximum absolute atomic E-state index is 11.9. The maximum atomic E-state index is 11.9. The molecule has 2 aromatic carbocycles. The van der Waals surface area contributed by atoms with Crippen LogP contribution in [-0.2, 0) is 0 Å². The van der Waals surface area contributed by atoms with Gasteiger partial charge in [0.05, 0.1) is 15.6 Å². The van der Waals surface area contributed by atoms with Gasteiger partial charge in [0.1, 0.15) is 5.52 Å². The Labute approximate surface area is 112 Å². The van der Waals surface area contributed by atoms with E-state index in [1.54, 1.807) is 24.3 Å². The van der Waals surface area contributed by atoms with Crippen molar-refractivity contribution in [3.8, 4) is 11.6 Å². The Kier molecular flexibility index (Phi) is 2.72. The molecule has 7 nitrogen and oxygen atoms in total. The normalized spacial score (nSPS) is 10.6. The van der Waals surface area contributed by atoms with Gasteiger partial charge in [0.15, 0.2) is 0 Å². The summed E-state index contributed by atoms with van der Waals surface area (Å²) in [7, 11) is 0. The zero-order valence-electron chi connectivity index (χ0n) is 10.1. The number of benzene rings is 2. The van der Waals surface area contributed by atoms with E-state index in [0.29, 0.717) is 16.6 Å². The first-order valence-corrected chi connectivity index (χ1v) is 5.76. The number of hydrogen-bond acceptors (Lipinski definition) is 5. The lowest BCUT2D eigenvalue weighted by Gasteiger charge is -2.04. The molecule has 0 radical (unpaired) electrons. The van der Waals surface area contributed by atoms with E-state index in [4.69, 9.17) is 0 Å². The molecular weight excluding hydrogens is 260 g/mol. The molecule has 0 fully saturated rings. The molecule has 1 aromatic heterocycles. The standard InChI is InChI=1S/C13H8N4O3/c18-13-11-3-1-2-4-12(11)14-16(15-13)9-5-7-10(8-6-9)17(19)20/h1-8H. The van der Waals surface area contributed by atoms with Crippen LogP contribution in [0.15, 0.2) is 48.5 Å². The van der Waals surface area contributed by atoms with Crippen LogP contribution < -0.4 is 9.90 Å². The summed E-state index contributed by atoms with van der Waals surface area (Å²) < 4.78 is 0. The van der Waals surface area contributed by atoms with Crippen LogP contribution in [0.3, 0.4) is 0 Å². The summed E-state index contributed by atoms with van der Waals surface area (Å²) in [6.45, 7) is 0. The van der Waals surface area contributed by atoms with Crippen LogP contribution in [0.4, 0.5) is 5.69 Å². The SMILES string of the molecule is O=[N+]([O-])c1ccc(-[n+]2nc([O-])c3ccccc3n2)cc1. The molecule has 0 amide bonds. The molecule has 0 aliphatic rings. The number of hydrogen-bond donors (Lipinski definition) is 0. The predicted octanol–water partition coefficient (Wildman–Crippen LogP) is 0.888. The number of fused-ring (bicyclic) bond motifs is 1. The van der Waals surface area contributed by atoms with Crippen molar-refractivity contribution in [3.63, 3.8) is 0 Å². The van der Waals surface area contributed by atoms with Crippen LogP contribution >= 0.6 is 0 Å². The molecule has 20 heavy (non-hydrogen) atoms. The van der Waals surface area contributed by atoms with Crippen LogP contribution in [0.2, 0.25) is 0 Å². The summed E-state index contributed by atoms with van der Waals surface area (Å²) >= 11 is 0. The van der Waals surface area contributed by atoms with Crippen molar-refractivity contribution in [1.29, 1.82) is 0 Å². The van der Waals surface area contributed by atoms with Crippen molar-refractivity contribution in [2.24, 2.45) is 0 Å². The minimum atomic E-state index is -0.491. The second-order valence-electron chi connectivity index (χ2n) is 4.09. The molecule has 0 unspecified atom stereocenters. The van der Waals surface area contributed by atoms with E-state index < -0.39 is 10.8 Å². The van der Waals surface area contributed by atoms with Gasteiger partial charge in [0.25, 0.3) is 11.4 Å². The van der Waals surface area contributed by atoms with E-state index in [1.165, 1.54) is 29.1 Å². The third-order valence-corrected chi connectivity index (χ3v) is 2.81. The van der Waals surface area contributed by atoms with Crippen molar-refractivity contribution < 1.29 is 14.8 Å². The molecule has 0 atom stereocenters. The minimum Gasteiger partial charge on any atom is -0.854 e. The van der Waals surface area contributed by atoms with Crippen molar-refractivity contribution in [3.05, 3.63) is 58.6 Å². The first kappa shape index (κ1) is 12.0. The van der Waals surface area contributed by atoms with Crippen molar-refractivity contribution >= 4 is 16.6 Å². The van der Waals surface area contributed by atoms with E-state index >= 15 is 0 Å². The molecule has 98 valence electrons. The van der Waals surface area contributed by atoms with Gasteiger partial charge in [-0.2, -0.15) is 0 Å². The molecule has 7 heteroatoms. The van der Waals surface area contributed by atoms with Gasteiger partial charge < -0.3 is 5.11 Å². The van der Waals surface area contributed by atoms with Gasteiger partial charge in [-0.1, -0.05) is 18.2 Å². The summed E-state index contributed by atoms with van der Waals surface area (Å²) in [6.07, 6.45) is 0. The zero-order valence-corrected chi connectivity index (χ0v) is 10.1. The molecule has 1 heterocycles. The number of rotatable bonds is 2. The lowest BCUT2D eigenvalue weighted by molar-refractivity contribution is -0.720. The van der Waals surface area contributed by atoms with Gasteiger partial charge in [-0.15, -0.1) is 0 Å². The third kappa shape index (κ3) is 2.01. The zero-order chi connectivity index (χ0) is 14.1. The lowest BCUT2D eigenvalue weighted by atomic mass is 10.2. The minimum absolute atomic E-state index is 0.0301. The van der Waals surface area contributed by atoms with Crippen molar-refractivity contribution in [2.75, 3.05) is 0 Å². The third-order valence-electron chi connectivity index (χ3n) is 2.81. The Bertz CT molecular complexity index is 802. The van der Waals surface area contributed by atoms with Gasteiger partial charge >= 0.3 is 0 Å². The van der Waals surface area contributed by atoms with E-state index in [2.05, 4.69) is 10.2 Å². The van der Waals surface area contributed by atoms with Gasteiger partial charge in [-0.3, -0.25) is 10.1 Å². The number of nitro groups is 1. The molecule has 0 N–H and O–H groups in total. The maximum Gasteiger partial charge on any atom is 0.269 e. The molecule has 3 aromatic rings. The molecule has 0 aliphatic heterocycles. The quantitative estimate of drug-likeness (QED) is 0.390. The van der Waals surface area contributed by atoms with E-state index in [0.717, 1.165) is 0 Å². The van der Waals surface area contributed by atoms with Crippen LogP contribution in [0.25, 0.3) is 16.6 Å². The monoisotopic (exact) mass is 268 g/mol. The van der Waals surface area contributed by atoms with Crippen molar-refractivity contribution in [2.45, 2.75) is 0 Å². The highest BCUT2D eigenvalue weighted by molar-refractivity contribution is 5.81. The summed E-state index contributed by atoms with van der Waals surface area (Å²) in [5.74, 6) is -0.394. The fourth-order valence-electron chi connectivity index (χ4n) is 1.83. The molecule has 0 spiro atoms. The Hall–Kier alpha value is -3.09. The predicted molar refractivity (Wildman–Crippen MR) is 67.2 cm³/mol. The van der Waals surface area contributed by atoms with Gasteiger partial charge in [0.2, 0.25) is 0 Å². The number of non-ortho nitro benzene ring substituents is 1. The second-order valence-corrected chi connectivity index (χ2v) is 4.09. The summed E-state index contributed by atoms with van der Waals surface area (Å²) in [4.78, 5) is 11.3. The first-order chi connectivity index (χ1) is 9.65. The van der Waals surface area contributed by atoms with Crippen LogP contribution in [-0.4, -0.2) is 15.1 Å². The average Bonchev–Trinajstić information content (AvgIpc) is 2.47. The highest BCUT2D eigenvalue weighted by Crippen LogP contribution is 2.16. The summed E-state index contributed by atoms with van der Waals surface area (Å²) in [5.41, 5.74) is 0.974. The Balaban J connectivity index is 2.12. The Morgan fingerprint density at radius 1 is 1.00 bits per heavy atom. The molecule has 0 saturated heterocycles. The van der Waals surface area contributed by atoms with Gasteiger partial charge in [-0.05, 0) is 6.07 Å². The van der Waals surface area contributed by atoms with Crippen molar-refractivity contribution in [1.82, 2.24) is 10.2 Å². The highest BCUT2D eigenvalue weighted by Gasteiger charge is 2.14. The van der Waals surface area contributed by atoms with Crippen LogP contribution in [0.1, 0.15) is 0 Å². The molecule has 0 saturated carbocycles. The fourth-order valence-corrected chi connectivity index (χ4v) is 1.83. The highest BCUT2D eigenvalue weighted by atomic mass is 16.6. The fraction of sp³-hybridized carbons (Fsp3) is 0. The Morgan fingerprint density at radius 2 is 1.70 bits per heavy atom. The van der Waals surface area contributed by atoms with Gasteiger partial charge in [-0.25, -0.2) is 0 Å². The molecule has 0 bridgehead atoms. The summed E-state index contributed by atoms with van der Waals surface area (Å²) in [6, 6.07) is 12.5. The van der Waals surface area contributed by atoms with Gasteiger partial charge in [0, 0.05) is 39.8 Å². The van der Waals surface area contributed by atoms with E-state index in [-0.39, 0.29) is 5.69 Å². The van der Waals surface area contributed by atoms with Crippen LogP contribution in [0.5, 0.6) is 5.88 Å². The first-order valence-electron chi connectivity index (χ1n) is 5.76. The topological polar surface area (TPSA) is 95.9 Å². The van der Waals surface area contributed by atoms with E-state index in [1.807, 2.05) is 0 Å². The largest absolute Gasteiger partial charge is 0.854 e. The molecule has 3 rings (SSSR count). The summed E-state index contributed by atoms with van der Waals surface area (Å²) in [5, 5.41) is 30.9. The number of aromatic nitrogens is 3. The van der Waals surface area contributed by atoms with E-state index in [9.17, 15) is 15.2 Å². The number of nitrogens with zero attached hydrogens (tertiary/aromatic N) is 4. The second kappa shape index (κ2) is 4.54.